The second kappa shape index (κ2) is 7.64. The molecule has 5 rings (SSSR count). The molecule has 30 heavy (non-hydrogen) atoms. The van der Waals surface area contributed by atoms with E-state index >= 15 is 0 Å². The lowest BCUT2D eigenvalue weighted by Crippen LogP contribution is -2.32. The zero-order chi connectivity index (χ0) is 20.5. The van der Waals surface area contributed by atoms with Gasteiger partial charge >= 0.3 is 0 Å². The second-order valence-corrected chi connectivity index (χ2v) is 7.69. The summed E-state index contributed by atoms with van der Waals surface area (Å²) in [4.78, 5) is 0. The van der Waals surface area contributed by atoms with Gasteiger partial charge in [-0.2, -0.15) is 4.57 Å². The van der Waals surface area contributed by atoms with E-state index in [2.05, 4.69) is 126 Å². The summed E-state index contributed by atoms with van der Waals surface area (Å²) in [5.74, 6) is 0. The molecule has 0 aliphatic carbocycles. The second-order valence-electron chi connectivity index (χ2n) is 7.69. The third-order valence-corrected chi connectivity index (χ3v) is 5.80. The molecule has 0 atom stereocenters. The maximum absolute atomic E-state index is 2.34. The maximum atomic E-state index is 2.34. The van der Waals surface area contributed by atoms with Crippen LogP contribution in [-0.4, -0.2) is 4.57 Å². The van der Waals surface area contributed by atoms with Gasteiger partial charge in [0.15, 0.2) is 6.20 Å². The van der Waals surface area contributed by atoms with Gasteiger partial charge in [-0.25, -0.2) is 0 Å². The van der Waals surface area contributed by atoms with Crippen LogP contribution in [0.2, 0.25) is 0 Å². The van der Waals surface area contributed by atoms with Crippen LogP contribution in [0.1, 0.15) is 23.7 Å². The Bertz CT molecular complexity index is 1370. The minimum Gasteiger partial charge on any atom is -0.321 e. The van der Waals surface area contributed by atoms with Gasteiger partial charge in [-0.05, 0) is 60.7 Å². The van der Waals surface area contributed by atoms with Crippen molar-refractivity contribution >= 4 is 33.8 Å². The van der Waals surface area contributed by atoms with Gasteiger partial charge in [0.1, 0.15) is 6.54 Å². The molecule has 3 aromatic carbocycles. The number of rotatable bonds is 4. The van der Waals surface area contributed by atoms with E-state index in [4.69, 9.17) is 0 Å². The lowest BCUT2D eigenvalue weighted by atomic mass is 10.0. The summed E-state index contributed by atoms with van der Waals surface area (Å²) in [7, 11) is 0. The summed E-state index contributed by atoms with van der Waals surface area (Å²) >= 11 is 0. The van der Waals surface area contributed by atoms with Crippen molar-refractivity contribution in [2.24, 2.45) is 0 Å². The summed E-state index contributed by atoms with van der Waals surface area (Å²) in [6.45, 7) is 5.30. The SMILES string of the molecule is CC[n+]1ccc(/C=C/c2cc(C)n(-c3ccccc3)c2)c2ccc3ccccc3c21. The van der Waals surface area contributed by atoms with E-state index in [0.717, 1.165) is 6.54 Å². The van der Waals surface area contributed by atoms with Crippen LogP contribution in [0.5, 0.6) is 0 Å². The highest BCUT2D eigenvalue weighted by Crippen LogP contribution is 2.26. The molecular formula is C28H25N2+. The highest BCUT2D eigenvalue weighted by Gasteiger charge is 2.14. The summed E-state index contributed by atoms with van der Waals surface area (Å²) < 4.78 is 4.58. The number of aryl methyl sites for hydroxylation is 2. The normalized spacial score (nSPS) is 11.7. The van der Waals surface area contributed by atoms with Crippen molar-refractivity contribution in [3.63, 3.8) is 0 Å². The largest absolute Gasteiger partial charge is 0.321 e. The molecule has 146 valence electrons. The topological polar surface area (TPSA) is 8.81 Å². The van der Waals surface area contributed by atoms with Crippen LogP contribution in [-0.2, 0) is 6.54 Å². The van der Waals surface area contributed by atoms with Crippen molar-refractivity contribution in [3.05, 3.63) is 108 Å². The van der Waals surface area contributed by atoms with Gasteiger partial charge in [0.05, 0.1) is 10.8 Å². The Kier molecular flexibility index (Phi) is 4.68. The van der Waals surface area contributed by atoms with Crippen LogP contribution >= 0.6 is 0 Å². The predicted molar refractivity (Wildman–Crippen MR) is 127 cm³/mol. The molecule has 0 bridgehead atoms. The van der Waals surface area contributed by atoms with Crippen LogP contribution in [0.15, 0.2) is 91.3 Å². The lowest BCUT2D eigenvalue weighted by molar-refractivity contribution is -0.667. The number of aromatic nitrogens is 2. The first-order valence-electron chi connectivity index (χ1n) is 10.5. The summed E-state index contributed by atoms with van der Waals surface area (Å²) in [5, 5.41) is 3.87. The molecule has 0 amide bonds. The number of hydrogen-bond acceptors (Lipinski definition) is 0. The first kappa shape index (κ1) is 18.4. The fourth-order valence-corrected chi connectivity index (χ4v) is 4.28. The van der Waals surface area contributed by atoms with E-state index in [1.165, 1.54) is 44.2 Å². The van der Waals surface area contributed by atoms with Gasteiger partial charge in [-0.3, -0.25) is 0 Å². The molecule has 0 spiro atoms. The monoisotopic (exact) mass is 389 g/mol. The van der Waals surface area contributed by atoms with Crippen LogP contribution in [0, 0.1) is 6.92 Å². The molecule has 0 unspecified atom stereocenters. The predicted octanol–water partition coefficient (Wildman–Crippen LogP) is 6.57. The fraction of sp³-hybridized carbons (Fsp3) is 0.107. The van der Waals surface area contributed by atoms with Gasteiger partial charge in [-0.1, -0.05) is 54.6 Å². The summed E-state index contributed by atoms with van der Waals surface area (Å²) in [6.07, 6.45) is 8.86. The van der Waals surface area contributed by atoms with E-state index in [1.807, 2.05) is 0 Å². The van der Waals surface area contributed by atoms with Crippen LogP contribution in [0.4, 0.5) is 0 Å². The standard InChI is InChI=1S/C28H25N2/c1-3-29-18-17-24(27-16-15-23-9-7-8-12-26(23)28(27)29)14-13-22-19-21(2)30(20-22)25-10-5-4-6-11-25/h4-20H,3H2,1-2H3/q+1. The summed E-state index contributed by atoms with van der Waals surface area (Å²) in [5.41, 5.74) is 6.17. The Morgan fingerprint density at radius 3 is 2.47 bits per heavy atom. The molecular weight excluding hydrogens is 364 g/mol. The van der Waals surface area contributed by atoms with Crippen LogP contribution < -0.4 is 4.57 Å². The van der Waals surface area contributed by atoms with E-state index in [-0.39, 0.29) is 0 Å². The quantitative estimate of drug-likeness (QED) is 0.243. The number of pyridine rings is 1. The van der Waals surface area contributed by atoms with Crippen LogP contribution in [0.3, 0.4) is 0 Å². The zero-order valence-electron chi connectivity index (χ0n) is 17.4. The number of nitrogens with zero attached hydrogens (tertiary/aromatic N) is 2. The van der Waals surface area contributed by atoms with Gasteiger partial charge in [0, 0.05) is 23.6 Å². The third kappa shape index (κ3) is 3.21. The molecule has 0 aliphatic rings. The first-order chi connectivity index (χ1) is 14.7. The van der Waals surface area contributed by atoms with Gasteiger partial charge in [-0.15, -0.1) is 0 Å². The average Bonchev–Trinajstić information content (AvgIpc) is 3.18. The average molecular weight is 390 g/mol. The third-order valence-electron chi connectivity index (χ3n) is 5.80. The van der Waals surface area contributed by atoms with Gasteiger partial charge in [0.25, 0.3) is 0 Å². The first-order valence-corrected chi connectivity index (χ1v) is 10.5. The molecule has 0 radical (unpaired) electrons. The molecule has 5 aromatic rings. The van der Waals surface area contributed by atoms with E-state index in [0.29, 0.717) is 0 Å². The van der Waals surface area contributed by atoms with Crippen LogP contribution in [0.25, 0.3) is 39.5 Å². The number of hydrogen-bond donors (Lipinski definition) is 0. The van der Waals surface area contributed by atoms with Crippen molar-refractivity contribution in [2.45, 2.75) is 20.4 Å². The van der Waals surface area contributed by atoms with Crippen molar-refractivity contribution in [3.8, 4) is 5.69 Å². The zero-order valence-corrected chi connectivity index (χ0v) is 17.4. The van der Waals surface area contributed by atoms with Crippen molar-refractivity contribution in [1.82, 2.24) is 4.57 Å². The molecule has 0 N–H and O–H groups in total. The Labute approximate surface area is 177 Å². The number of para-hydroxylation sites is 1. The molecule has 2 aromatic heterocycles. The smallest absolute Gasteiger partial charge is 0.220 e. The Hall–Kier alpha value is -3.65. The minimum atomic E-state index is 0.952. The highest BCUT2D eigenvalue weighted by atomic mass is 15.0. The number of benzene rings is 3. The Morgan fingerprint density at radius 1 is 0.833 bits per heavy atom. The van der Waals surface area contributed by atoms with Crippen molar-refractivity contribution < 1.29 is 4.57 Å². The maximum Gasteiger partial charge on any atom is 0.220 e. The molecule has 2 nitrogen and oxygen atoms in total. The van der Waals surface area contributed by atoms with Crippen molar-refractivity contribution in [2.75, 3.05) is 0 Å². The van der Waals surface area contributed by atoms with E-state index < -0.39 is 0 Å². The van der Waals surface area contributed by atoms with Gasteiger partial charge in [0.2, 0.25) is 5.52 Å². The molecule has 2 heterocycles. The molecule has 0 saturated carbocycles. The summed E-state index contributed by atoms with van der Waals surface area (Å²) in [6, 6.07) is 28.1. The van der Waals surface area contributed by atoms with E-state index in [1.54, 1.807) is 0 Å². The molecule has 0 aliphatic heterocycles. The number of fused-ring (bicyclic) bond motifs is 3. The Balaban J connectivity index is 1.60. The van der Waals surface area contributed by atoms with Gasteiger partial charge < -0.3 is 4.57 Å². The minimum absolute atomic E-state index is 0.952. The highest BCUT2D eigenvalue weighted by molar-refractivity contribution is 6.06. The lowest BCUT2D eigenvalue weighted by Gasteiger charge is -2.06. The Morgan fingerprint density at radius 2 is 1.63 bits per heavy atom. The molecule has 2 heteroatoms. The molecule has 0 saturated heterocycles. The van der Waals surface area contributed by atoms with Crippen molar-refractivity contribution in [1.29, 1.82) is 0 Å². The molecule has 0 fully saturated rings. The fourth-order valence-electron chi connectivity index (χ4n) is 4.28. The van der Waals surface area contributed by atoms with E-state index in [9.17, 15) is 0 Å².